The number of aliphatic carboxylic acids is 1. The van der Waals surface area contributed by atoms with Gasteiger partial charge in [-0.15, -0.1) is 0 Å². The van der Waals surface area contributed by atoms with E-state index in [1.165, 1.54) is 5.56 Å². The summed E-state index contributed by atoms with van der Waals surface area (Å²) < 4.78 is 0. The van der Waals surface area contributed by atoms with E-state index >= 15 is 0 Å². The van der Waals surface area contributed by atoms with Gasteiger partial charge in [-0.05, 0) is 17.4 Å². The molecule has 0 saturated carbocycles. The Kier molecular flexibility index (Phi) is 5.33. The topological polar surface area (TPSA) is 69.6 Å². The van der Waals surface area contributed by atoms with Crippen molar-refractivity contribution in [3.05, 3.63) is 35.9 Å². The number of carboxylic acid groups (broad SMARTS) is 1. The predicted octanol–water partition coefficient (Wildman–Crippen LogP) is 1.31. The van der Waals surface area contributed by atoms with E-state index in [-0.39, 0.29) is 24.2 Å². The molecule has 2 rings (SSSR count). The summed E-state index contributed by atoms with van der Waals surface area (Å²) in [5.41, 5.74) is 1.21. The van der Waals surface area contributed by atoms with Crippen LogP contribution in [0, 0.1) is 5.92 Å². The second-order valence-electron chi connectivity index (χ2n) is 5.77. The highest BCUT2D eigenvalue weighted by Gasteiger charge is 2.29. The lowest BCUT2D eigenvalue weighted by molar-refractivity contribution is -0.139. The molecule has 5 heteroatoms. The molecule has 1 saturated heterocycles. The van der Waals surface area contributed by atoms with Gasteiger partial charge in [-0.1, -0.05) is 37.3 Å². The molecule has 5 nitrogen and oxygen atoms in total. The number of likely N-dealkylation sites (tertiary alicyclic amines) is 1. The van der Waals surface area contributed by atoms with Crippen LogP contribution in [-0.4, -0.2) is 48.1 Å². The fraction of sp³-hybridized carbons (Fsp3) is 0.500. The molecule has 114 valence electrons. The van der Waals surface area contributed by atoms with Crippen LogP contribution in [0.15, 0.2) is 30.3 Å². The molecule has 0 spiro atoms. The van der Waals surface area contributed by atoms with Gasteiger partial charge in [0.25, 0.3) is 0 Å². The smallest absolute Gasteiger partial charge is 0.303 e. The van der Waals surface area contributed by atoms with Crippen molar-refractivity contribution in [3.63, 3.8) is 0 Å². The molecule has 2 N–H and O–H groups in total. The van der Waals surface area contributed by atoms with Crippen molar-refractivity contribution in [3.8, 4) is 0 Å². The van der Waals surface area contributed by atoms with E-state index < -0.39 is 5.97 Å². The molecule has 0 aromatic heterocycles. The Morgan fingerprint density at radius 2 is 2.00 bits per heavy atom. The van der Waals surface area contributed by atoms with Crippen molar-refractivity contribution in [2.75, 3.05) is 26.2 Å². The molecule has 1 aromatic carbocycles. The van der Waals surface area contributed by atoms with Crippen molar-refractivity contribution >= 4 is 11.9 Å². The van der Waals surface area contributed by atoms with Gasteiger partial charge < -0.3 is 10.4 Å². The zero-order valence-electron chi connectivity index (χ0n) is 12.3. The van der Waals surface area contributed by atoms with Crippen LogP contribution >= 0.6 is 0 Å². The first-order valence-electron chi connectivity index (χ1n) is 7.30. The average Bonchev–Trinajstić information content (AvgIpc) is 2.43. The SMILES string of the molecule is CC(CNC(=O)CN1CC(CC(=O)O)C1)c1ccccc1. The summed E-state index contributed by atoms with van der Waals surface area (Å²) in [7, 11) is 0. The van der Waals surface area contributed by atoms with E-state index in [0.717, 1.165) is 0 Å². The van der Waals surface area contributed by atoms with Gasteiger partial charge in [0.1, 0.15) is 0 Å². The van der Waals surface area contributed by atoms with Crippen LogP contribution in [0.5, 0.6) is 0 Å². The largest absolute Gasteiger partial charge is 0.481 e. The van der Waals surface area contributed by atoms with Crippen LogP contribution in [0.4, 0.5) is 0 Å². The zero-order chi connectivity index (χ0) is 15.2. The third kappa shape index (κ3) is 4.86. The van der Waals surface area contributed by atoms with Gasteiger partial charge in [-0.2, -0.15) is 0 Å². The zero-order valence-corrected chi connectivity index (χ0v) is 12.3. The summed E-state index contributed by atoms with van der Waals surface area (Å²) in [5, 5.41) is 11.6. The number of carbonyl (C=O) groups is 2. The highest BCUT2D eigenvalue weighted by Crippen LogP contribution is 2.18. The molecule has 1 aliphatic rings. The fourth-order valence-corrected chi connectivity index (χ4v) is 2.61. The maximum Gasteiger partial charge on any atom is 0.303 e. The van der Waals surface area contributed by atoms with E-state index in [0.29, 0.717) is 26.2 Å². The molecular formula is C16H22N2O3. The molecule has 1 amide bonds. The van der Waals surface area contributed by atoms with Crippen LogP contribution in [0.2, 0.25) is 0 Å². The number of amides is 1. The second-order valence-corrected chi connectivity index (χ2v) is 5.77. The van der Waals surface area contributed by atoms with Crippen LogP contribution < -0.4 is 5.32 Å². The summed E-state index contributed by atoms with van der Waals surface area (Å²) in [5.74, 6) is -0.280. The molecule has 1 atom stereocenters. The summed E-state index contributed by atoms with van der Waals surface area (Å²) in [6, 6.07) is 10.1. The van der Waals surface area contributed by atoms with Crippen molar-refractivity contribution in [2.24, 2.45) is 5.92 Å². The van der Waals surface area contributed by atoms with Gasteiger partial charge >= 0.3 is 5.97 Å². The first-order valence-corrected chi connectivity index (χ1v) is 7.30. The number of hydrogen-bond acceptors (Lipinski definition) is 3. The van der Waals surface area contributed by atoms with Gasteiger partial charge in [0.2, 0.25) is 5.91 Å². The minimum Gasteiger partial charge on any atom is -0.481 e. The Morgan fingerprint density at radius 1 is 1.33 bits per heavy atom. The minimum atomic E-state index is -0.763. The molecule has 1 aliphatic heterocycles. The van der Waals surface area contributed by atoms with Gasteiger partial charge in [0.15, 0.2) is 0 Å². The lowest BCUT2D eigenvalue weighted by Crippen LogP contribution is -2.51. The number of benzene rings is 1. The number of carboxylic acids is 1. The molecule has 0 bridgehead atoms. The lowest BCUT2D eigenvalue weighted by atomic mass is 9.96. The predicted molar refractivity (Wildman–Crippen MR) is 80.0 cm³/mol. The number of nitrogens with zero attached hydrogens (tertiary/aromatic N) is 1. The molecular weight excluding hydrogens is 268 g/mol. The molecule has 1 heterocycles. The highest BCUT2D eigenvalue weighted by atomic mass is 16.4. The lowest BCUT2D eigenvalue weighted by Gasteiger charge is -2.37. The van der Waals surface area contributed by atoms with Crippen LogP contribution in [-0.2, 0) is 9.59 Å². The standard InChI is InChI=1S/C16H22N2O3/c1-12(14-5-3-2-4-6-14)8-17-15(19)11-18-9-13(10-18)7-16(20)21/h2-6,12-13H,7-11H2,1H3,(H,17,19)(H,20,21). The summed E-state index contributed by atoms with van der Waals surface area (Å²) >= 11 is 0. The number of hydrogen-bond donors (Lipinski definition) is 2. The van der Waals surface area contributed by atoms with E-state index in [4.69, 9.17) is 5.11 Å². The maximum absolute atomic E-state index is 11.8. The summed E-state index contributed by atoms with van der Waals surface area (Å²) in [6.45, 7) is 4.47. The van der Waals surface area contributed by atoms with E-state index in [9.17, 15) is 9.59 Å². The average molecular weight is 290 g/mol. The molecule has 1 aromatic rings. The molecule has 1 fully saturated rings. The molecule has 0 aliphatic carbocycles. The molecule has 21 heavy (non-hydrogen) atoms. The van der Waals surface area contributed by atoms with Gasteiger partial charge in [-0.3, -0.25) is 14.5 Å². The number of rotatable bonds is 7. The monoisotopic (exact) mass is 290 g/mol. The van der Waals surface area contributed by atoms with Crippen LogP contribution in [0.1, 0.15) is 24.8 Å². The Balaban J connectivity index is 1.64. The minimum absolute atomic E-state index is 0.00607. The Hall–Kier alpha value is -1.88. The highest BCUT2D eigenvalue weighted by molar-refractivity contribution is 5.78. The number of nitrogens with one attached hydrogen (secondary N) is 1. The van der Waals surface area contributed by atoms with Crippen molar-refractivity contribution in [2.45, 2.75) is 19.3 Å². The first-order chi connectivity index (χ1) is 10.0. The fourth-order valence-electron chi connectivity index (χ4n) is 2.61. The van der Waals surface area contributed by atoms with E-state index in [1.807, 2.05) is 23.1 Å². The van der Waals surface area contributed by atoms with Crippen molar-refractivity contribution < 1.29 is 14.7 Å². The Bertz CT molecular complexity index is 484. The van der Waals surface area contributed by atoms with Crippen molar-refractivity contribution in [1.29, 1.82) is 0 Å². The van der Waals surface area contributed by atoms with E-state index in [1.54, 1.807) is 0 Å². The Morgan fingerprint density at radius 3 is 2.62 bits per heavy atom. The second kappa shape index (κ2) is 7.22. The first kappa shape index (κ1) is 15.5. The van der Waals surface area contributed by atoms with E-state index in [2.05, 4.69) is 24.4 Å². The van der Waals surface area contributed by atoms with Gasteiger partial charge in [0, 0.05) is 19.6 Å². The third-order valence-corrected chi connectivity index (χ3v) is 3.84. The molecule has 0 radical (unpaired) electrons. The third-order valence-electron chi connectivity index (χ3n) is 3.84. The van der Waals surface area contributed by atoms with Crippen LogP contribution in [0.3, 0.4) is 0 Å². The summed E-state index contributed by atoms with van der Waals surface area (Å²) in [6.07, 6.45) is 0.198. The van der Waals surface area contributed by atoms with Gasteiger partial charge in [-0.25, -0.2) is 0 Å². The maximum atomic E-state index is 11.8. The Labute approximate surface area is 125 Å². The van der Waals surface area contributed by atoms with Gasteiger partial charge in [0.05, 0.1) is 13.0 Å². The summed E-state index contributed by atoms with van der Waals surface area (Å²) in [4.78, 5) is 24.4. The molecule has 1 unspecified atom stereocenters. The van der Waals surface area contributed by atoms with Crippen LogP contribution in [0.25, 0.3) is 0 Å². The number of carbonyl (C=O) groups excluding carboxylic acids is 1. The van der Waals surface area contributed by atoms with Crippen molar-refractivity contribution in [1.82, 2.24) is 10.2 Å². The quantitative estimate of drug-likeness (QED) is 0.794. The normalized spacial score (nSPS) is 17.0.